The Bertz CT molecular complexity index is 579. The van der Waals surface area contributed by atoms with Gasteiger partial charge in [-0.2, -0.15) is 0 Å². The summed E-state index contributed by atoms with van der Waals surface area (Å²) >= 11 is 0. The number of benzene rings is 2. The molecule has 0 spiro atoms. The average Bonchev–Trinajstić information content (AvgIpc) is 2.60. The Labute approximate surface area is 138 Å². The lowest BCUT2D eigenvalue weighted by Crippen LogP contribution is -2.32. The van der Waals surface area contributed by atoms with Gasteiger partial charge in [-0.05, 0) is 24.2 Å². The molecule has 0 aliphatic carbocycles. The van der Waals surface area contributed by atoms with Crippen LogP contribution in [0.15, 0.2) is 60.7 Å². The highest BCUT2D eigenvalue weighted by atomic mass is 16.5. The van der Waals surface area contributed by atoms with E-state index >= 15 is 0 Å². The normalized spacial score (nSPS) is 12.1. The molecule has 0 fully saturated rings. The second-order valence-corrected chi connectivity index (χ2v) is 5.49. The van der Waals surface area contributed by atoms with Gasteiger partial charge in [-0.25, -0.2) is 0 Å². The maximum atomic E-state index is 12.1. The Morgan fingerprint density at radius 3 is 2.09 bits per heavy atom. The number of hydrogen-bond acceptors (Lipinski definition) is 3. The van der Waals surface area contributed by atoms with Crippen molar-refractivity contribution in [1.82, 2.24) is 4.90 Å². The zero-order chi connectivity index (χ0) is 16.5. The fourth-order valence-corrected chi connectivity index (χ4v) is 2.74. The van der Waals surface area contributed by atoms with Crippen molar-refractivity contribution < 1.29 is 9.53 Å². The molecule has 2 rings (SSSR count). The van der Waals surface area contributed by atoms with Crippen molar-refractivity contribution in [3.05, 3.63) is 71.8 Å². The van der Waals surface area contributed by atoms with E-state index in [1.54, 1.807) is 0 Å². The zero-order valence-corrected chi connectivity index (χ0v) is 13.9. The number of carbonyl (C=O) groups excluding carboxylic acids is 1. The van der Waals surface area contributed by atoms with Crippen LogP contribution in [0.1, 0.15) is 31.0 Å². The maximum absolute atomic E-state index is 12.1. The predicted molar refractivity (Wildman–Crippen MR) is 93.2 cm³/mol. The molecule has 0 amide bonds. The Balaban J connectivity index is 1.99. The largest absolute Gasteiger partial charge is 0.463 e. The van der Waals surface area contributed by atoms with E-state index in [1.165, 1.54) is 5.56 Å². The number of likely N-dealkylation sites (N-methyl/N-ethyl adjacent to an activating group) is 1. The summed E-state index contributed by atoms with van der Waals surface area (Å²) in [5.74, 6) is -0.177. The van der Waals surface area contributed by atoms with Crippen LogP contribution >= 0.6 is 0 Å². The third-order valence-electron chi connectivity index (χ3n) is 4.03. The third kappa shape index (κ3) is 5.22. The van der Waals surface area contributed by atoms with E-state index in [2.05, 4.69) is 30.9 Å². The summed E-state index contributed by atoms with van der Waals surface area (Å²) in [4.78, 5) is 14.4. The number of hydrogen-bond donors (Lipinski definition) is 0. The fourth-order valence-electron chi connectivity index (χ4n) is 2.74. The first-order chi connectivity index (χ1) is 11.2. The maximum Gasteiger partial charge on any atom is 0.310 e. The Kier molecular flexibility index (Phi) is 6.82. The quantitative estimate of drug-likeness (QED) is 0.693. The lowest BCUT2D eigenvalue weighted by atomic mass is 10.1. The van der Waals surface area contributed by atoms with Gasteiger partial charge in [-0.3, -0.25) is 9.69 Å². The molecule has 0 saturated carbocycles. The summed E-state index contributed by atoms with van der Waals surface area (Å²) in [5.41, 5.74) is 2.17. The SMILES string of the molecule is CCN(CC)C(COC(=O)Cc1ccccc1)c1ccccc1. The molecule has 3 heteroatoms. The first-order valence-corrected chi connectivity index (χ1v) is 8.23. The van der Waals surface area contributed by atoms with E-state index in [-0.39, 0.29) is 12.0 Å². The zero-order valence-electron chi connectivity index (χ0n) is 13.9. The van der Waals surface area contributed by atoms with Gasteiger partial charge >= 0.3 is 5.97 Å². The minimum atomic E-state index is -0.177. The average molecular weight is 311 g/mol. The molecule has 0 radical (unpaired) electrons. The minimum absolute atomic E-state index is 0.103. The number of nitrogens with zero attached hydrogens (tertiary/aromatic N) is 1. The predicted octanol–water partition coefficient (Wildman–Crippen LogP) is 3.86. The fraction of sp³-hybridized carbons (Fsp3) is 0.350. The third-order valence-corrected chi connectivity index (χ3v) is 4.03. The van der Waals surface area contributed by atoms with Gasteiger partial charge in [0.1, 0.15) is 6.61 Å². The van der Waals surface area contributed by atoms with Gasteiger partial charge in [0, 0.05) is 0 Å². The van der Waals surface area contributed by atoms with Gasteiger partial charge in [-0.1, -0.05) is 74.5 Å². The smallest absolute Gasteiger partial charge is 0.310 e. The molecule has 2 aromatic carbocycles. The van der Waals surface area contributed by atoms with Crippen molar-refractivity contribution in [2.45, 2.75) is 26.3 Å². The second kappa shape index (κ2) is 9.11. The van der Waals surface area contributed by atoms with Crippen molar-refractivity contribution in [3.63, 3.8) is 0 Å². The van der Waals surface area contributed by atoms with Crippen LogP contribution in [0.25, 0.3) is 0 Å². The van der Waals surface area contributed by atoms with Gasteiger partial charge in [0.25, 0.3) is 0 Å². The van der Waals surface area contributed by atoms with E-state index < -0.39 is 0 Å². The summed E-state index contributed by atoms with van der Waals surface area (Å²) in [7, 11) is 0. The molecule has 23 heavy (non-hydrogen) atoms. The Morgan fingerprint density at radius 2 is 1.52 bits per heavy atom. The number of rotatable bonds is 8. The number of ether oxygens (including phenoxy) is 1. The molecule has 0 heterocycles. The van der Waals surface area contributed by atoms with Gasteiger partial charge < -0.3 is 4.74 Å². The molecule has 0 bridgehead atoms. The highest BCUT2D eigenvalue weighted by Gasteiger charge is 2.19. The highest BCUT2D eigenvalue weighted by Crippen LogP contribution is 2.21. The van der Waals surface area contributed by atoms with Gasteiger partial charge in [0.15, 0.2) is 0 Å². The molecule has 0 aliphatic rings. The Morgan fingerprint density at radius 1 is 0.957 bits per heavy atom. The number of esters is 1. The standard InChI is InChI=1S/C20H25NO2/c1-3-21(4-2)19(18-13-9-6-10-14-18)16-23-20(22)15-17-11-7-5-8-12-17/h5-14,19H,3-4,15-16H2,1-2H3. The molecule has 3 nitrogen and oxygen atoms in total. The van der Waals surface area contributed by atoms with E-state index in [0.29, 0.717) is 13.0 Å². The van der Waals surface area contributed by atoms with Crippen molar-refractivity contribution >= 4 is 5.97 Å². The minimum Gasteiger partial charge on any atom is -0.463 e. The van der Waals surface area contributed by atoms with E-state index in [1.807, 2.05) is 48.5 Å². The highest BCUT2D eigenvalue weighted by molar-refractivity contribution is 5.72. The molecule has 0 N–H and O–H groups in total. The molecule has 2 aromatic rings. The van der Waals surface area contributed by atoms with Crippen LogP contribution in [0.4, 0.5) is 0 Å². The topological polar surface area (TPSA) is 29.5 Å². The molecule has 0 aromatic heterocycles. The lowest BCUT2D eigenvalue weighted by Gasteiger charge is -2.29. The van der Waals surface area contributed by atoms with Crippen LogP contribution in [0.3, 0.4) is 0 Å². The summed E-state index contributed by atoms with van der Waals surface area (Å²) in [6, 6.07) is 20.0. The molecule has 122 valence electrons. The number of carbonyl (C=O) groups is 1. The second-order valence-electron chi connectivity index (χ2n) is 5.49. The van der Waals surface area contributed by atoms with Crippen LogP contribution in [-0.2, 0) is 16.0 Å². The summed E-state index contributed by atoms with van der Waals surface area (Å²) in [5, 5.41) is 0. The lowest BCUT2D eigenvalue weighted by molar-refractivity contribution is -0.144. The van der Waals surface area contributed by atoms with Gasteiger partial charge in [0.2, 0.25) is 0 Å². The van der Waals surface area contributed by atoms with Crippen molar-refractivity contribution in [2.24, 2.45) is 0 Å². The Hall–Kier alpha value is -2.13. The molecular weight excluding hydrogens is 286 g/mol. The first-order valence-electron chi connectivity index (χ1n) is 8.23. The van der Waals surface area contributed by atoms with Crippen LogP contribution in [0.2, 0.25) is 0 Å². The first kappa shape index (κ1) is 17.2. The summed E-state index contributed by atoms with van der Waals surface area (Å²) in [6.45, 7) is 6.49. The van der Waals surface area contributed by atoms with E-state index in [9.17, 15) is 4.79 Å². The molecular formula is C20H25NO2. The van der Waals surface area contributed by atoms with Crippen LogP contribution in [0, 0.1) is 0 Å². The van der Waals surface area contributed by atoms with Crippen molar-refractivity contribution in [1.29, 1.82) is 0 Å². The van der Waals surface area contributed by atoms with Crippen LogP contribution in [0.5, 0.6) is 0 Å². The molecule has 0 saturated heterocycles. The van der Waals surface area contributed by atoms with Crippen molar-refractivity contribution in [3.8, 4) is 0 Å². The van der Waals surface area contributed by atoms with Crippen LogP contribution in [-0.4, -0.2) is 30.6 Å². The van der Waals surface area contributed by atoms with E-state index in [0.717, 1.165) is 18.7 Å². The summed E-state index contributed by atoms with van der Waals surface area (Å²) in [6.07, 6.45) is 0.320. The van der Waals surface area contributed by atoms with E-state index in [4.69, 9.17) is 4.74 Å². The molecule has 0 aliphatic heterocycles. The molecule has 1 unspecified atom stereocenters. The monoisotopic (exact) mass is 311 g/mol. The van der Waals surface area contributed by atoms with Crippen molar-refractivity contribution in [2.75, 3.05) is 19.7 Å². The van der Waals surface area contributed by atoms with Crippen LogP contribution < -0.4 is 0 Å². The molecule has 1 atom stereocenters. The van der Waals surface area contributed by atoms with Gasteiger partial charge in [-0.15, -0.1) is 0 Å². The summed E-state index contributed by atoms with van der Waals surface area (Å²) < 4.78 is 5.57. The van der Waals surface area contributed by atoms with Gasteiger partial charge in [0.05, 0.1) is 12.5 Å².